The lowest BCUT2D eigenvalue weighted by Gasteiger charge is -2.34. The van der Waals surface area contributed by atoms with Crippen LogP contribution in [0.2, 0.25) is 10.0 Å². The van der Waals surface area contributed by atoms with Gasteiger partial charge in [-0.25, -0.2) is 27.1 Å². The average molecular weight is 591 g/mol. The van der Waals surface area contributed by atoms with Crippen LogP contribution >= 0.6 is 23.2 Å². The molecule has 1 amide bonds. The molecular formula is C26H21Cl2FN4O5S. The second kappa shape index (κ2) is 10.2. The molecule has 4 aromatic rings. The third-order valence-electron chi connectivity index (χ3n) is 6.73. The number of benzene rings is 2. The molecule has 202 valence electrons. The lowest BCUT2D eigenvalue weighted by Crippen LogP contribution is -2.58. The van der Waals surface area contributed by atoms with Crippen LogP contribution in [0.1, 0.15) is 23.2 Å². The lowest BCUT2D eigenvalue weighted by atomic mass is 9.92. The summed E-state index contributed by atoms with van der Waals surface area (Å²) in [7, 11) is -2.18. The van der Waals surface area contributed by atoms with Gasteiger partial charge in [0.1, 0.15) is 16.9 Å². The number of sulfone groups is 1. The first-order valence-corrected chi connectivity index (χ1v) is 14.3. The highest BCUT2D eigenvalue weighted by Crippen LogP contribution is 2.38. The van der Waals surface area contributed by atoms with Gasteiger partial charge in [-0.3, -0.25) is 4.79 Å². The summed E-state index contributed by atoms with van der Waals surface area (Å²) in [6, 6.07) is 11.1. The van der Waals surface area contributed by atoms with Crippen LogP contribution in [0.4, 0.5) is 4.39 Å². The third-order valence-corrected chi connectivity index (χ3v) is 8.95. The maximum Gasteiger partial charge on any atom is 0.331 e. The molecule has 0 spiro atoms. The molecule has 1 aliphatic heterocycles. The molecule has 1 aliphatic rings. The first-order chi connectivity index (χ1) is 18.5. The summed E-state index contributed by atoms with van der Waals surface area (Å²) in [5, 5.41) is 7.60. The van der Waals surface area contributed by atoms with Crippen molar-refractivity contribution in [2.45, 2.75) is 18.4 Å². The highest BCUT2D eigenvalue weighted by Gasteiger charge is 2.46. The molecule has 0 aliphatic carbocycles. The van der Waals surface area contributed by atoms with Gasteiger partial charge in [0.05, 0.1) is 30.5 Å². The molecule has 0 bridgehead atoms. The first kappa shape index (κ1) is 27.0. The van der Waals surface area contributed by atoms with Gasteiger partial charge in [-0.1, -0.05) is 41.4 Å². The summed E-state index contributed by atoms with van der Waals surface area (Å²) < 4.78 is 45.4. The second-order valence-electron chi connectivity index (χ2n) is 9.10. The van der Waals surface area contributed by atoms with Gasteiger partial charge in [0, 0.05) is 32.9 Å². The minimum absolute atomic E-state index is 0.00645. The number of halogens is 3. The number of aromatic nitrogens is 3. The molecule has 1 fully saturated rings. The van der Waals surface area contributed by atoms with Crippen molar-refractivity contribution >= 4 is 50.6 Å². The van der Waals surface area contributed by atoms with E-state index in [1.165, 1.54) is 36.2 Å². The van der Waals surface area contributed by atoms with Crippen molar-refractivity contribution in [1.82, 2.24) is 19.9 Å². The maximum atomic E-state index is 15.2. The number of amides is 1. The Labute approximate surface area is 232 Å². The Morgan fingerprint density at radius 1 is 1.05 bits per heavy atom. The largest absolute Gasteiger partial charge is 0.467 e. The summed E-state index contributed by atoms with van der Waals surface area (Å²) in [5.41, 5.74) is -0.0359. The number of ether oxygens (including phenoxy) is 1. The Balaban J connectivity index is 1.64. The van der Waals surface area contributed by atoms with Gasteiger partial charge in [-0.05, 0) is 37.1 Å². The quantitative estimate of drug-likeness (QED) is 0.343. The van der Waals surface area contributed by atoms with Crippen LogP contribution in [0.3, 0.4) is 0 Å². The molecule has 1 saturated heterocycles. The van der Waals surface area contributed by atoms with Crippen LogP contribution in [0.25, 0.3) is 28.0 Å². The van der Waals surface area contributed by atoms with Crippen molar-refractivity contribution in [3.63, 3.8) is 0 Å². The normalized spacial score (nSPS) is 16.1. The molecule has 3 heterocycles. The molecule has 0 radical (unpaired) electrons. The van der Waals surface area contributed by atoms with Gasteiger partial charge in [-0.2, -0.15) is 5.10 Å². The van der Waals surface area contributed by atoms with Gasteiger partial charge < -0.3 is 10.1 Å². The van der Waals surface area contributed by atoms with Crippen molar-refractivity contribution in [1.29, 1.82) is 0 Å². The number of hydrogen-bond donors (Lipinski definition) is 1. The molecule has 39 heavy (non-hydrogen) atoms. The van der Waals surface area contributed by atoms with Gasteiger partial charge in [-0.15, -0.1) is 0 Å². The number of esters is 1. The molecule has 13 heteroatoms. The predicted octanol–water partition coefficient (Wildman–Crippen LogP) is 4.36. The van der Waals surface area contributed by atoms with Gasteiger partial charge in [0.15, 0.2) is 15.5 Å². The fourth-order valence-corrected chi connectivity index (χ4v) is 6.57. The van der Waals surface area contributed by atoms with Crippen molar-refractivity contribution in [3.8, 4) is 22.4 Å². The third kappa shape index (κ3) is 4.97. The number of fused-ring (bicyclic) bond motifs is 1. The van der Waals surface area contributed by atoms with E-state index >= 15 is 4.39 Å². The minimum atomic E-state index is -3.34. The van der Waals surface area contributed by atoms with E-state index in [2.05, 4.69) is 15.4 Å². The summed E-state index contributed by atoms with van der Waals surface area (Å²) in [6.07, 6.45) is 2.42. The second-order valence-corrected chi connectivity index (χ2v) is 12.2. The van der Waals surface area contributed by atoms with E-state index in [0.29, 0.717) is 16.1 Å². The Morgan fingerprint density at radius 3 is 2.44 bits per heavy atom. The molecule has 1 N–H and O–H groups in total. The van der Waals surface area contributed by atoms with Crippen LogP contribution in [0.15, 0.2) is 54.9 Å². The smallest absolute Gasteiger partial charge is 0.331 e. The number of rotatable bonds is 5. The Bertz CT molecular complexity index is 1730. The Hall–Kier alpha value is -3.54. The van der Waals surface area contributed by atoms with E-state index in [9.17, 15) is 18.0 Å². The summed E-state index contributed by atoms with van der Waals surface area (Å²) in [4.78, 5) is 30.6. The molecule has 5 rings (SSSR count). The van der Waals surface area contributed by atoms with Crippen LogP contribution < -0.4 is 5.32 Å². The number of methoxy groups -OCH3 is 1. The van der Waals surface area contributed by atoms with Crippen LogP contribution in [0, 0.1) is 5.82 Å². The van der Waals surface area contributed by atoms with E-state index in [1.807, 2.05) is 0 Å². The zero-order valence-corrected chi connectivity index (χ0v) is 22.8. The first-order valence-electron chi connectivity index (χ1n) is 11.7. The zero-order chi connectivity index (χ0) is 27.9. The molecule has 9 nitrogen and oxygen atoms in total. The molecule has 0 saturated carbocycles. The summed E-state index contributed by atoms with van der Waals surface area (Å²) in [5.74, 6) is -2.65. The fourth-order valence-electron chi connectivity index (χ4n) is 4.66. The fraction of sp³-hybridized carbons (Fsp3) is 0.231. The van der Waals surface area contributed by atoms with Gasteiger partial charge >= 0.3 is 5.97 Å². The number of carbonyl (C=O) groups is 2. The van der Waals surface area contributed by atoms with E-state index in [0.717, 1.165) is 6.07 Å². The lowest BCUT2D eigenvalue weighted by molar-refractivity contribution is -0.148. The molecule has 2 aromatic heterocycles. The monoisotopic (exact) mass is 590 g/mol. The number of nitrogens with zero attached hydrogens (tertiary/aromatic N) is 3. The Kier molecular flexibility index (Phi) is 7.08. The van der Waals surface area contributed by atoms with Gasteiger partial charge in [0.25, 0.3) is 5.91 Å². The SMILES string of the molecule is COC(=O)C1(NC(=O)c2cnn3c(-c4ccc(Cl)cc4F)c(-c4ccccc4Cl)cnc23)CCS(=O)(=O)CC1. The highest BCUT2D eigenvalue weighted by atomic mass is 35.5. The predicted molar refractivity (Wildman–Crippen MR) is 144 cm³/mol. The van der Waals surface area contributed by atoms with Crippen LogP contribution in [-0.4, -0.2) is 59.0 Å². The number of hydrogen-bond acceptors (Lipinski definition) is 7. The van der Waals surface area contributed by atoms with Crippen molar-refractivity contribution in [2.24, 2.45) is 0 Å². The standard InChI is InChI=1S/C26H21Cl2FN4O5S/c1-38-25(35)26(8-10-39(36,37)11-9-26)32-24(34)19-14-31-33-22(17-7-6-15(27)12-21(17)29)18(13-30-23(19)33)16-4-2-3-5-20(16)28/h2-7,12-14H,8-11H2,1H3,(H,32,34). The van der Waals surface area contributed by atoms with Crippen molar-refractivity contribution < 1.29 is 27.1 Å². The minimum Gasteiger partial charge on any atom is -0.467 e. The van der Waals surface area contributed by atoms with Crippen LogP contribution in [0.5, 0.6) is 0 Å². The van der Waals surface area contributed by atoms with Gasteiger partial charge in [0.2, 0.25) is 0 Å². The Morgan fingerprint density at radius 2 is 1.77 bits per heavy atom. The zero-order valence-electron chi connectivity index (χ0n) is 20.4. The average Bonchev–Trinajstić information content (AvgIpc) is 3.34. The van der Waals surface area contributed by atoms with Crippen molar-refractivity contribution in [3.05, 3.63) is 76.3 Å². The topological polar surface area (TPSA) is 120 Å². The molecule has 0 unspecified atom stereocenters. The molecule has 0 atom stereocenters. The van der Waals surface area contributed by atoms with Crippen LogP contribution in [-0.2, 0) is 19.4 Å². The maximum absolute atomic E-state index is 15.2. The summed E-state index contributed by atoms with van der Waals surface area (Å²) in [6.45, 7) is 0. The van der Waals surface area contributed by atoms with E-state index < -0.39 is 33.1 Å². The highest BCUT2D eigenvalue weighted by molar-refractivity contribution is 7.91. The molecule has 2 aromatic carbocycles. The summed E-state index contributed by atoms with van der Waals surface area (Å²) >= 11 is 12.4. The number of nitrogens with one attached hydrogen (secondary N) is 1. The number of carbonyl (C=O) groups excluding carboxylic acids is 2. The molecular weight excluding hydrogens is 570 g/mol. The van der Waals surface area contributed by atoms with E-state index in [-0.39, 0.29) is 51.8 Å². The van der Waals surface area contributed by atoms with E-state index in [1.54, 1.807) is 24.3 Å². The van der Waals surface area contributed by atoms with E-state index in [4.69, 9.17) is 27.9 Å². The van der Waals surface area contributed by atoms with Crippen molar-refractivity contribution in [2.75, 3.05) is 18.6 Å².